The maximum absolute atomic E-state index is 12.2. The second kappa shape index (κ2) is 8.52. The number of hydrogen-bond donors (Lipinski definition) is 1. The van der Waals surface area contributed by atoms with Gasteiger partial charge in [-0.1, -0.05) is 38.1 Å². The third-order valence-electron chi connectivity index (χ3n) is 4.48. The number of urea groups is 1. The highest BCUT2D eigenvalue weighted by molar-refractivity contribution is 7.13. The number of ether oxygens (including phenoxy) is 1. The highest BCUT2D eigenvalue weighted by Crippen LogP contribution is 2.26. The fourth-order valence-corrected chi connectivity index (χ4v) is 3.70. The fraction of sp³-hybridized carbons (Fsp3) is 0.400. The Labute approximate surface area is 167 Å². The SMILES string of the molecule is CC(C)c1ccc(-c2nc(CC(=O)O[C@H](C)C(=O)N3CCNC3=O)cs2)cc1. The van der Waals surface area contributed by atoms with E-state index in [1.54, 1.807) is 0 Å². The van der Waals surface area contributed by atoms with Crippen molar-refractivity contribution in [3.05, 3.63) is 40.9 Å². The van der Waals surface area contributed by atoms with E-state index < -0.39 is 24.0 Å². The van der Waals surface area contributed by atoms with Crippen molar-refractivity contribution in [3.63, 3.8) is 0 Å². The molecule has 1 fully saturated rings. The summed E-state index contributed by atoms with van der Waals surface area (Å²) in [5.41, 5.74) is 2.85. The summed E-state index contributed by atoms with van der Waals surface area (Å²) >= 11 is 1.46. The van der Waals surface area contributed by atoms with Crippen LogP contribution < -0.4 is 5.32 Å². The molecule has 1 N–H and O–H groups in total. The van der Waals surface area contributed by atoms with Crippen molar-refractivity contribution in [3.8, 4) is 10.6 Å². The first-order valence-electron chi connectivity index (χ1n) is 9.18. The summed E-state index contributed by atoms with van der Waals surface area (Å²) < 4.78 is 5.19. The molecule has 0 aliphatic carbocycles. The number of imide groups is 1. The van der Waals surface area contributed by atoms with Gasteiger partial charge >= 0.3 is 12.0 Å². The van der Waals surface area contributed by atoms with Gasteiger partial charge in [-0.05, 0) is 18.4 Å². The zero-order valence-electron chi connectivity index (χ0n) is 16.1. The molecule has 1 aromatic carbocycles. The summed E-state index contributed by atoms with van der Waals surface area (Å²) in [6.45, 7) is 6.44. The number of thiazole rings is 1. The molecule has 1 aliphatic rings. The van der Waals surface area contributed by atoms with Gasteiger partial charge in [0.25, 0.3) is 5.91 Å². The molecule has 7 nitrogen and oxygen atoms in total. The summed E-state index contributed by atoms with van der Waals surface area (Å²) in [6, 6.07) is 7.75. The highest BCUT2D eigenvalue weighted by Gasteiger charge is 2.31. The van der Waals surface area contributed by atoms with Crippen LogP contribution in [0.2, 0.25) is 0 Å². The summed E-state index contributed by atoms with van der Waals surface area (Å²) in [5, 5.41) is 5.19. The topological polar surface area (TPSA) is 88.6 Å². The van der Waals surface area contributed by atoms with Crippen LogP contribution in [0.4, 0.5) is 4.79 Å². The third kappa shape index (κ3) is 4.56. The van der Waals surface area contributed by atoms with Crippen LogP contribution >= 0.6 is 11.3 Å². The van der Waals surface area contributed by atoms with Crippen LogP contribution in [0.1, 0.15) is 37.9 Å². The van der Waals surface area contributed by atoms with Gasteiger partial charge < -0.3 is 10.1 Å². The van der Waals surface area contributed by atoms with Crippen LogP contribution in [-0.4, -0.2) is 47.0 Å². The van der Waals surface area contributed by atoms with Crippen molar-refractivity contribution in [1.82, 2.24) is 15.2 Å². The van der Waals surface area contributed by atoms with Gasteiger partial charge in [0.15, 0.2) is 6.10 Å². The summed E-state index contributed by atoms with van der Waals surface area (Å²) in [6.07, 6.45) is -1.04. The van der Waals surface area contributed by atoms with Gasteiger partial charge in [-0.25, -0.2) is 9.78 Å². The molecular weight excluding hydrogens is 378 g/mol. The lowest BCUT2D eigenvalue weighted by atomic mass is 10.0. The highest BCUT2D eigenvalue weighted by atomic mass is 32.1. The van der Waals surface area contributed by atoms with Gasteiger partial charge in [0.05, 0.1) is 12.1 Å². The van der Waals surface area contributed by atoms with E-state index in [9.17, 15) is 14.4 Å². The van der Waals surface area contributed by atoms with E-state index >= 15 is 0 Å². The summed E-state index contributed by atoms with van der Waals surface area (Å²) in [5.74, 6) is -0.605. The molecular formula is C20H23N3O4S. The van der Waals surface area contributed by atoms with E-state index in [2.05, 4.69) is 36.3 Å². The monoisotopic (exact) mass is 401 g/mol. The zero-order chi connectivity index (χ0) is 20.3. The Morgan fingerprint density at radius 3 is 2.57 bits per heavy atom. The number of carbonyl (C=O) groups excluding carboxylic acids is 3. The smallest absolute Gasteiger partial charge is 0.324 e. The average Bonchev–Trinajstić information content (AvgIpc) is 3.30. The van der Waals surface area contributed by atoms with Crippen LogP contribution in [0.3, 0.4) is 0 Å². The Bertz CT molecular complexity index is 876. The van der Waals surface area contributed by atoms with Gasteiger partial charge in [0, 0.05) is 24.0 Å². The van der Waals surface area contributed by atoms with Gasteiger partial charge in [-0.3, -0.25) is 14.5 Å². The van der Waals surface area contributed by atoms with E-state index in [1.165, 1.54) is 23.8 Å². The molecule has 2 heterocycles. The third-order valence-corrected chi connectivity index (χ3v) is 5.42. The predicted octanol–water partition coefficient (Wildman–Crippen LogP) is 2.96. The first-order chi connectivity index (χ1) is 13.3. The van der Waals surface area contributed by atoms with Crippen LogP contribution in [0, 0.1) is 0 Å². The quantitative estimate of drug-likeness (QED) is 0.752. The molecule has 3 rings (SSSR count). The van der Waals surface area contributed by atoms with Gasteiger partial charge in [-0.15, -0.1) is 11.3 Å². The molecule has 1 saturated heterocycles. The number of aromatic nitrogens is 1. The molecule has 28 heavy (non-hydrogen) atoms. The lowest BCUT2D eigenvalue weighted by Crippen LogP contribution is -2.42. The first-order valence-corrected chi connectivity index (χ1v) is 10.1. The molecule has 2 aromatic rings. The average molecular weight is 401 g/mol. The van der Waals surface area contributed by atoms with E-state index in [0.29, 0.717) is 18.2 Å². The minimum Gasteiger partial charge on any atom is -0.452 e. The number of nitrogens with one attached hydrogen (secondary N) is 1. The predicted molar refractivity (Wildman–Crippen MR) is 106 cm³/mol. The Morgan fingerprint density at radius 2 is 1.96 bits per heavy atom. The van der Waals surface area contributed by atoms with Crippen molar-refractivity contribution in [1.29, 1.82) is 0 Å². The maximum atomic E-state index is 12.2. The minimum atomic E-state index is -1.02. The molecule has 1 aliphatic heterocycles. The van der Waals surface area contributed by atoms with E-state index in [4.69, 9.17) is 4.74 Å². The second-order valence-electron chi connectivity index (χ2n) is 6.95. The maximum Gasteiger partial charge on any atom is 0.324 e. The van der Waals surface area contributed by atoms with Crippen molar-refractivity contribution in [2.45, 2.75) is 39.2 Å². The fourth-order valence-electron chi connectivity index (χ4n) is 2.87. The van der Waals surface area contributed by atoms with Gasteiger partial charge in [-0.2, -0.15) is 0 Å². The van der Waals surface area contributed by atoms with Crippen molar-refractivity contribution >= 4 is 29.2 Å². The molecule has 0 unspecified atom stereocenters. The molecule has 0 radical (unpaired) electrons. The molecule has 1 aromatic heterocycles. The molecule has 0 bridgehead atoms. The molecule has 0 spiro atoms. The number of benzene rings is 1. The van der Waals surface area contributed by atoms with Gasteiger partial charge in [0.1, 0.15) is 5.01 Å². The number of esters is 1. The van der Waals surface area contributed by atoms with Crippen LogP contribution in [0.15, 0.2) is 29.6 Å². The minimum absolute atomic E-state index is 0.0234. The second-order valence-corrected chi connectivity index (χ2v) is 7.81. The Kier molecular flexibility index (Phi) is 6.08. The summed E-state index contributed by atoms with van der Waals surface area (Å²) in [7, 11) is 0. The van der Waals surface area contributed by atoms with Crippen molar-refractivity contribution < 1.29 is 19.1 Å². The number of nitrogens with zero attached hydrogens (tertiary/aromatic N) is 2. The zero-order valence-corrected chi connectivity index (χ0v) is 16.9. The van der Waals surface area contributed by atoms with Crippen LogP contribution in [0.5, 0.6) is 0 Å². The number of carbonyl (C=O) groups is 3. The standard InChI is InChI=1S/C20H23N3O4S/c1-12(2)14-4-6-15(7-5-14)18-22-16(11-28-18)10-17(24)27-13(3)19(25)23-9-8-21-20(23)26/h4-7,11-13H,8-10H2,1-3H3,(H,21,26)/t13-/m1/s1. The Morgan fingerprint density at radius 1 is 1.25 bits per heavy atom. The number of rotatable bonds is 6. The number of amides is 3. The normalized spacial score (nSPS) is 14.9. The number of hydrogen-bond acceptors (Lipinski definition) is 6. The largest absolute Gasteiger partial charge is 0.452 e. The van der Waals surface area contributed by atoms with E-state index in [-0.39, 0.29) is 13.0 Å². The lowest BCUT2D eigenvalue weighted by Gasteiger charge is -2.17. The van der Waals surface area contributed by atoms with Crippen molar-refractivity contribution in [2.24, 2.45) is 0 Å². The molecule has 3 amide bonds. The van der Waals surface area contributed by atoms with Crippen LogP contribution in [0.25, 0.3) is 10.6 Å². The van der Waals surface area contributed by atoms with E-state index in [1.807, 2.05) is 17.5 Å². The van der Waals surface area contributed by atoms with Gasteiger partial charge in [0.2, 0.25) is 0 Å². The molecule has 8 heteroatoms. The molecule has 148 valence electrons. The first kappa shape index (κ1) is 20.0. The van der Waals surface area contributed by atoms with E-state index in [0.717, 1.165) is 15.5 Å². The van der Waals surface area contributed by atoms with Crippen molar-refractivity contribution in [2.75, 3.05) is 13.1 Å². The molecule has 0 saturated carbocycles. The summed E-state index contributed by atoms with van der Waals surface area (Å²) in [4.78, 5) is 41.4. The Balaban J connectivity index is 1.57. The lowest BCUT2D eigenvalue weighted by molar-refractivity contribution is -0.156. The Hall–Kier alpha value is -2.74. The molecule has 1 atom stereocenters. The van der Waals surface area contributed by atoms with Crippen LogP contribution in [-0.2, 0) is 20.7 Å².